The SMILES string of the molecule is CC1C(=O)N(c2ccc(C(=O)O)cc2)C(=O)N1C.CN1CC(=O)N(CCCC(=O)O)C1=O. The minimum Gasteiger partial charge on any atom is -0.481 e. The van der Waals surface area contributed by atoms with Crippen molar-refractivity contribution in [1.29, 1.82) is 0 Å². The van der Waals surface area contributed by atoms with Gasteiger partial charge in [-0.05, 0) is 37.6 Å². The summed E-state index contributed by atoms with van der Waals surface area (Å²) in [6.45, 7) is 1.92. The lowest BCUT2D eigenvalue weighted by Gasteiger charge is -2.14. The quantitative estimate of drug-likeness (QED) is 0.609. The highest BCUT2D eigenvalue weighted by molar-refractivity contribution is 6.21. The van der Waals surface area contributed by atoms with Gasteiger partial charge >= 0.3 is 24.0 Å². The molecule has 3 rings (SSSR count). The molecule has 1 aromatic carbocycles. The molecule has 12 heteroatoms. The van der Waals surface area contributed by atoms with Crippen LogP contribution in [0.1, 0.15) is 30.1 Å². The minimum atomic E-state index is -1.05. The van der Waals surface area contributed by atoms with E-state index in [0.717, 1.165) is 9.80 Å². The van der Waals surface area contributed by atoms with Crippen LogP contribution in [-0.4, -0.2) is 94.0 Å². The lowest BCUT2D eigenvalue weighted by Crippen LogP contribution is -2.32. The van der Waals surface area contributed by atoms with Crippen LogP contribution in [0, 0.1) is 0 Å². The van der Waals surface area contributed by atoms with Crippen LogP contribution in [0.3, 0.4) is 0 Å². The van der Waals surface area contributed by atoms with E-state index in [2.05, 4.69) is 0 Å². The Morgan fingerprint density at radius 1 is 1.00 bits per heavy atom. The number of carbonyl (C=O) groups is 6. The summed E-state index contributed by atoms with van der Waals surface area (Å²) in [6.07, 6.45) is 0.279. The van der Waals surface area contributed by atoms with Gasteiger partial charge in [-0.1, -0.05) is 0 Å². The van der Waals surface area contributed by atoms with Gasteiger partial charge in [-0.2, -0.15) is 0 Å². The number of anilines is 1. The zero-order chi connectivity index (χ0) is 24.2. The Hall–Kier alpha value is -3.96. The standard InChI is InChI=1S/C12H12N2O4.C8H12N2O4/c1-7-10(15)14(12(18)13(7)2)9-5-3-8(4-6-9)11(16)17;1-9-5-6(11)10(8(9)14)4-2-3-7(12)13/h3-7H,1-2H3,(H,16,17);2-5H2,1H3,(H,12,13). The number of likely N-dealkylation sites (N-methyl/N-ethyl adjacent to an activating group) is 2. The smallest absolute Gasteiger partial charge is 0.335 e. The molecule has 0 aromatic heterocycles. The minimum absolute atomic E-state index is 0.0270. The zero-order valence-corrected chi connectivity index (χ0v) is 17.8. The first kappa shape index (κ1) is 24.3. The van der Waals surface area contributed by atoms with E-state index in [1.165, 1.54) is 41.1 Å². The number of carboxylic acids is 2. The number of hydrogen-bond donors (Lipinski definition) is 2. The summed E-state index contributed by atoms with van der Waals surface area (Å²) in [5.41, 5.74) is 0.491. The normalized spacial score (nSPS) is 18.3. The molecule has 0 radical (unpaired) electrons. The number of carbonyl (C=O) groups excluding carboxylic acids is 4. The monoisotopic (exact) mass is 448 g/mol. The molecule has 0 saturated carbocycles. The third-order valence-electron chi connectivity index (χ3n) is 5.03. The van der Waals surface area contributed by atoms with Gasteiger partial charge in [-0.15, -0.1) is 0 Å². The second-order valence-electron chi connectivity index (χ2n) is 7.28. The van der Waals surface area contributed by atoms with E-state index in [-0.39, 0.29) is 42.9 Å². The molecular weight excluding hydrogens is 424 g/mol. The summed E-state index contributed by atoms with van der Waals surface area (Å²) in [6, 6.07) is 4.37. The van der Waals surface area contributed by atoms with Gasteiger partial charge in [0.15, 0.2) is 0 Å². The van der Waals surface area contributed by atoms with E-state index in [9.17, 15) is 28.8 Å². The molecule has 32 heavy (non-hydrogen) atoms. The Kier molecular flexibility index (Phi) is 7.52. The number of urea groups is 2. The molecule has 2 aliphatic heterocycles. The summed E-state index contributed by atoms with van der Waals surface area (Å²) >= 11 is 0. The van der Waals surface area contributed by atoms with Crippen LogP contribution < -0.4 is 4.90 Å². The first-order valence-electron chi connectivity index (χ1n) is 9.67. The van der Waals surface area contributed by atoms with Crippen LogP contribution in [0.5, 0.6) is 0 Å². The van der Waals surface area contributed by atoms with Crippen LogP contribution in [0.2, 0.25) is 0 Å². The maximum Gasteiger partial charge on any atom is 0.335 e. The summed E-state index contributed by atoms with van der Waals surface area (Å²) in [5, 5.41) is 17.1. The van der Waals surface area contributed by atoms with Gasteiger partial charge in [0.05, 0.1) is 11.3 Å². The summed E-state index contributed by atoms with van der Waals surface area (Å²) in [7, 11) is 3.09. The molecule has 6 amide bonds. The van der Waals surface area contributed by atoms with Crippen molar-refractivity contribution in [2.75, 3.05) is 32.1 Å². The Labute approximate surface area is 183 Å². The highest BCUT2D eigenvalue weighted by Crippen LogP contribution is 2.24. The topological polar surface area (TPSA) is 156 Å². The lowest BCUT2D eigenvalue weighted by molar-refractivity contribution is -0.137. The highest BCUT2D eigenvalue weighted by Gasteiger charge is 2.41. The fraction of sp³-hybridized carbons (Fsp3) is 0.400. The molecule has 1 unspecified atom stereocenters. The molecule has 2 N–H and O–H groups in total. The second kappa shape index (κ2) is 9.90. The third kappa shape index (κ3) is 5.20. The fourth-order valence-electron chi connectivity index (χ4n) is 3.04. The average Bonchev–Trinajstić information content (AvgIpc) is 3.09. The van der Waals surface area contributed by atoms with Crippen molar-refractivity contribution in [2.24, 2.45) is 0 Å². The van der Waals surface area contributed by atoms with E-state index in [1.807, 2.05) is 0 Å². The zero-order valence-electron chi connectivity index (χ0n) is 17.8. The highest BCUT2D eigenvalue weighted by atomic mass is 16.4. The van der Waals surface area contributed by atoms with Crippen LogP contribution in [0.4, 0.5) is 15.3 Å². The molecule has 2 heterocycles. The molecule has 1 aromatic rings. The number of rotatable bonds is 6. The predicted octanol–water partition coefficient (Wildman–Crippen LogP) is 0.917. The van der Waals surface area contributed by atoms with E-state index in [0.29, 0.717) is 12.1 Å². The van der Waals surface area contributed by atoms with Crippen LogP contribution in [0.25, 0.3) is 0 Å². The second-order valence-corrected chi connectivity index (χ2v) is 7.28. The van der Waals surface area contributed by atoms with Crippen molar-refractivity contribution in [3.05, 3.63) is 29.8 Å². The molecule has 12 nitrogen and oxygen atoms in total. The van der Waals surface area contributed by atoms with Crippen molar-refractivity contribution in [3.8, 4) is 0 Å². The Balaban J connectivity index is 0.000000235. The van der Waals surface area contributed by atoms with Gasteiger partial charge in [0.25, 0.3) is 5.91 Å². The lowest BCUT2D eigenvalue weighted by atomic mass is 10.2. The maximum absolute atomic E-state index is 11.9. The van der Waals surface area contributed by atoms with Gasteiger partial charge in [0.1, 0.15) is 12.6 Å². The van der Waals surface area contributed by atoms with Crippen molar-refractivity contribution in [1.82, 2.24) is 14.7 Å². The molecule has 2 saturated heterocycles. The Bertz CT molecular complexity index is 925. The Morgan fingerprint density at radius 2 is 1.59 bits per heavy atom. The molecule has 0 spiro atoms. The van der Waals surface area contributed by atoms with Crippen molar-refractivity contribution >= 4 is 41.5 Å². The predicted molar refractivity (Wildman–Crippen MR) is 110 cm³/mol. The van der Waals surface area contributed by atoms with Crippen molar-refractivity contribution in [3.63, 3.8) is 0 Å². The van der Waals surface area contributed by atoms with Gasteiger partial charge in [-0.3, -0.25) is 19.3 Å². The van der Waals surface area contributed by atoms with Gasteiger partial charge in [0.2, 0.25) is 5.91 Å². The summed E-state index contributed by atoms with van der Waals surface area (Å²) in [5.74, 6) is -2.54. The van der Waals surface area contributed by atoms with E-state index < -0.39 is 24.0 Å². The molecule has 1 atom stereocenters. The van der Waals surface area contributed by atoms with E-state index in [4.69, 9.17) is 10.2 Å². The van der Waals surface area contributed by atoms with E-state index in [1.54, 1.807) is 14.0 Å². The van der Waals surface area contributed by atoms with Gasteiger partial charge in [-0.25, -0.2) is 19.3 Å². The number of carboxylic acid groups (broad SMARTS) is 2. The van der Waals surface area contributed by atoms with Crippen molar-refractivity contribution in [2.45, 2.75) is 25.8 Å². The molecule has 0 bridgehead atoms. The molecule has 2 fully saturated rings. The first-order valence-corrected chi connectivity index (χ1v) is 9.67. The van der Waals surface area contributed by atoms with E-state index >= 15 is 0 Å². The number of benzene rings is 1. The first-order chi connectivity index (χ1) is 15.0. The number of nitrogens with zero attached hydrogens (tertiary/aromatic N) is 4. The average molecular weight is 448 g/mol. The van der Waals surface area contributed by atoms with Gasteiger partial charge in [0, 0.05) is 27.1 Å². The number of imide groups is 2. The summed E-state index contributed by atoms with van der Waals surface area (Å²) < 4.78 is 0. The number of amides is 6. The molecule has 0 aliphatic carbocycles. The van der Waals surface area contributed by atoms with Crippen LogP contribution >= 0.6 is 0 Å². The van der Waals surface area contributed by atoms with Crippen LogP contribution in [0.15, 0.2) is 24.3 Å². The summed E-state index contributed by atoms with van der Waals surface area (Å²) in [4.78, 5) is 71.9. The Morgan fingerprint density at radius 3 is 2.00 bits per heavy atom. The number of aromatic carboxylic acids is 1. The molecule has 2 aliphatic rings. The number of hydrogen-bond acceptors (Lipinski definition) is 6. The largest absolute Gasteiger partial charge is 0.481 e. The number of aliphatic carboxylic acids is 1. The van der Waals surface area contributed by atoms with Crippen molar-refractivity contribution < 1.29 is 39.0 Å². The molecule has 172 valence electrons. The van der Waals surface area contributed by atoms with Gasteiger partial charge < -0.3 is 20.0 Å². The fourth-order valence-corrected chi connectivity index (χ4v) is 3.04. The molecular formula is C20H24N4O8. The third-order valence-corrected chi connectivity index (χ3v) is 5.03. The van der Waals surface area contributed by atoms with Crippen LogP contribution in [-0.2, 0) is 14.4 Å². The maximum atomic E-state index is 11.9.